The average Bonchev–Trinajstić information content (AvgIpc) is 3.21. The van der Waals surface area contributed by atoms with Gasteiger partial charge in [-0.2, -0.15) is 14.5 Å². The maximum absolute atomic E-state index is 13.3. The number of hydrogen-bond donors (Lipinski definition) is 2. The number of nitrogens with one attached hydrogen (secondary N) is 2. The van der Waals surface area contributed by atoms with Gasteiger partial charge >= 0.3 is 0 Å². The lowest BCUT2D eigenvalue weighted by Crippen LogP contribution is -2.32. The van der Waals surface area contributed by atoms with Crippen molar-refractivity contribution >= 4 is 27.2 Å². The lowest BCUT2D eigenvalue weighted by molar-refractivity contribution is 0.380. The minimum Gasteiger partial charge on any atom is -0.322 e. The van der Waals surface area contributed by atoms with Crippen molar-refractivity contribution in [3.05, 3.63) is 60.4 Å². The molecule has 2 aliphatic rings. The number of H-pyrrole nitrogens is 1. The van der Waals surface area contributed by atoms with Gasteiger partial charge in [0.05, 0.1) is 6.04 Å². The highest BCUT2D eigenvalue weighted by atomic mass is 32.2. The molecule has 0 radical (unpaired) electrons. The Morgan fingerprint density at radius 3 is 2.88 bits per heavy atom. The molecule has 10 nitrogen and oxygen atoms in total. The Balaban J connectivity index is 1.37. The Labute approximate surface area is 184 Å². The molecular formula is C21H22N8O2S. The van der Waals surface area contributed by atoms with Crippen molar-refractivity contribution in [2.45, 2.75) is 42.5 Å². The molecule has 0 aromatic carbocycles. The number of aromatic nitrogens is 6. The first-order valence-corrected chi connectivity index (χ1v) is 12.1. The number of hydrogen-bond acceptors (Lipinski definition) is 7. The number of rotatable bonds is 6. The van der Waals surface area contributed by atoms with Crippen LogP contribution in [0, 0.1) is 0 Å². The van der Waals surface area contributed by atoms with E-state index in [1.54, 1.807) is 22.8 Å². The summed E-state index contributed by atoms with van der Waals surface area (Å²) >= 11 is 0. The summed E-state index contributed by atoms with van der Waals surface area (Å²) in [7, 11) is -3.70. The summed E-state index contributed by atoms with van der Waals surface area (Å²) in [5.41, 5.74) is 1.92. The maximum atomic E-state index is 13.3. The van der Waals surface area contributed by atoms with Crippen LogP contribution in [-0.4, -0.2) is 49.0 Å². The van der Waals surface area contributed by atoms with Gasteiger partial charge in [-0.05, 0) is 49.9 Å². The van der Waals surface area contributed by atoms with Gasteiger partial charge in [-0.25, -0.2) is 17.9 Å². The Morgan fingerprint density at radius 1 is 1.16 bits per heavy atom. The monoisotopic (exact) mass is 450 g/mol. The highest BCUT2D eigenvalue weighted by molar-refractivity contribution is 7.89. The molecule has 6 rings (SSSR count). The van der Waals surface area contributed by atoms with Gasteiger partial charge in [-0.1, -0.05) is 0 Å². The quantitative estimate of drug-likeness (QED) is 0.463. The lowest BCUT2D eigenvalue weighted by atomic mass is 10.2. The maximum Gasteiger partial charge on any atom is 0.245 e. The second-order valence-electron chi connectivity index (χ2n) is 8.23. The summed E-state index contributed by atoms with van der Waals surface area (Å²) in [6.45, 7) is 0.418. The molecule has 1 aliphatic carbocycles. The fourth-order valence-electron chi connectivity index (χ4n) is 4.23. The number of sulfonamides is 1. The predicted molar refractivity (Wildman–Crippen MR) is 117 cm³/mol. The van der Waals surface area contributed by atoms with E-state index in [-0.39, 0.29) is 4.90 Å². The minimum atomic E-state index is -3.70. The first-order chi connectivity index (χ1) is 15.6. The van der Waals surface area contributed by atoms with Gasteiger partial charge in [-0.3, -0.25) is 10.1 Å². The molecule has 0 amide bonds. The molecule has 1 aliphatic heterocycles. The van der Waals surface area contributed by atoms with Crippen LogP contribution in [0.4, 0.5) is 11.6 Å². The third kappa shape index (κ3) is 3.33. The molecular weight excluding hydrogens is 428 g/mol. The average molecular weight is 451 g/mol. The summed E-state index contributed by atoms with van der Waals surface area (Å²) in [4.78, 5) is 8.91. The number of nitrogens with zero attached hydrogens (tertiary/aromatic N) is 6. The summed E-state index contributed by atoms with van der Waals surface area (Å²) in [6, 6.07) is 8.55. The Bertz CT molecular complexity index is 1380. The van der Waals surface area contributed by atoms with E-state index in [9.17, 15) is 8.42 Å². The molecule has 4 aromatic heterocycles. The highest BCUT2D eigenvalue weighted by Gasteiger charge is 2.38. The Hall–Kier alpha value is -3.31. The van der Waals surface area contributed by atoms with Crippen molar-refractivity contribution in [3.63, 3.8) is 0 Å². The lowest BCUT2D eigenvalue weighted by Gasteiger charge is -2.23. The summed E-state index contributed by atoms with van der Waals surface area (Å²) in [6.07, 6.45) is 8.54. The molecule has 2 fully saturated rings. The van der Waals surface area contributed by atoms with Crippen LogP contribution in [0.15, 0.2) is 53.8 Å². The van der Waals surface area contributed by atoms with E-state index in [4.69, 9.17) is 4.98 Å². The largest absolute Gasteiger partial charge is 0.322 e. The summed E-state index contributed by atoms with van der Waals surface area (Å²) in [5.74, 6) is 2.31. The van der Waals surface area contributed by atoms with Crippen molar-refractivity contribution < 1.29 is 8.42 Å². The van der Waals surface area contributed by atoms with Crippen LogP contribution in [0.3, 0.4) is 0 Å². The zero-order valence-electron chi connectivity index (χ0n) is 17.2. The molecule has 0 spiro atoms. The van der Waals surface area contributed by atoms with E-state index in [0.717, 1.165) is 17.6 Å². The van der Waals surface area contributed by atoms with Crippen LogP contribution in [-0.2, 0) is 10.0 Å². The molecule has 2 N–H and O–H groups in total. The molecule has 5 heterocycles. The number of fused-ring (bicyclic) bond motifs is 1. The molecule has 4 aromatic rings. The van der Waals surface area contributed by atoms with Crippen molar-refractivity contribution in [1.29, 1.82) is 0 Å². The van der Waals surface area contributed by atoms with Gasteiger partial charge in [0.25, 0.3) is 0 Å². The van der Waals surface area contributed by atoms with Gasteiger partial charge < -0.3 is 5.32 Å². The third-order valence-corrected chi connectivity index (χ3v) is 7.90. The van der Waals surface area contributed by atoms with Crippen LogP contribution in [0.25, 0.3) is 5.52 Å². The second kappa shape index (κ2) is 7.38. The molecule has 0 unspecified atom stereocenters. The van der Waals surface area contributed by atoms with Crippen LogP contribution in [0.5, 0.6) is 0 Å². The summed E-state index contributed by atoms with van der Waals surface area (Å²) in [5, 5.41) is 15.4. The summed E-state index contributed by atoms with van der Waals surface area (Å²) < 4.78 is 29.8. The highest BCUT2D eigenvalue weighted by Crippen LogP contribution is 2.40. The molecule has 1 saturated carbocycles. The third-order valence-electron chi connectivity index (χ3n) is 6.01. The van der Waals surface area contributed by atoms with Crippen molar-refractivity contribution in [2.24, 2.45) is 0 Å². The number of aromatic amines is 1. The van der Waals surface area contributed by atoms with Crippen LogP contribution >= 0.6 is 0 Å². The topological polar surface area (TPSA) is 121 Å². The van der Waals surface area contributed by atoms with Gasteiger partial charge in [0.15, 0.2) is 17.5 Å². The Morgan fingerprint density at radius 2 is 2.06 bits per heavy atom. The van der Waals surface area contributed by atoms with E-state index in [1.807, 2.05) is 24.4 Å². The normalized spacial score (nSPS) is 19.6. The van der Waals surface area contributed by atoms with E-state index in [2.05, 4.69) is 25.6 Å². The van der Waals surface area contributed by atoms with Gasteiger partial charge in [0.1, 0.15) is 10.4 Å². The molecule has 1 atom stereocenters. The van der Waals surface area contributed by atoms with Crippen LogP contribution in [0.1, 0.15) is 49.2 Å². The second-order valence-corrected chi connectivity index (χ2v) is 10.1. The first kappa shape index (κ1) is 19.4. The zero-order chi connectivity index (χ0) is 21.7. The SMILES string of the molecule is O=S(=O)(c1cccnc1)N1CCC[C@H]1c1nc(Nc2cc(C3CC3)[nH]n2)c2cccn2n1. The fourth-order valence-corrected chi connectivity index (χ4v) is 5.85. The van der Waals surface area contributed by atoms with Gasteiger partial charge in [-0.15, -0.1) is 0 Å². The van der Waals surface area contributed by atoms with Gasteiger partial charge in [0.2, 0.25) is 10.0 Å². The van der Waals surface area contributed by atoms with Crippen molar-refractivity contribution in [1.82, 2.24) is 34.1 Å². The fraction of sp³-hybridized carbons (Fsp3) is 0.333. The molecule has 11 heteroatoms. The van der Waals surface area contributed by atoms with E-state index in [1.165, 1.54) is 23.3 Å². The zero-order valence-corrected chi connectivity index (χ0v) is 18.0. The van der Waals surface area contributed by atoms with Crippen LogP contribution in [0.2, 0.25) is 0 Å². The van der Waals surface area contributed by atoms with E-state index >= 15 is 0 Å². The number of anilines is 2. The van der Waals surface area contributed by atoms with Crippen molar-refractivity contribution in [3.8, 4) is 0 Å². The minimum absolute atomic E-state index is 0.177. The van der Waals surface area contributed by atoms with Crippen LogP contribution < -0.4 is 5.32 Å². The van der Waals surface area contributed by atoms with Gasteiger partial charge in [0, 0.05) is 42.8 Å². The smallest absolute Gasteiger partial charge is 0.245 e. The van der Waals surface area contributed by atoms with E-state index < -0.39 is 16.1 Å². The molecule has 164 valence electrons. The molecule has 1 saturated heterocycles. The Kier molecular flexibility index (Phi) is 4.47. The van der Waals surface area contributed by atoms with E-state index in [0.29, 0.717) is 36.3 Å². The predicted octanol–water partition coefficient (Wildman–Crippen LogP) is 2.99. The van der Waals surface area contributed by atoms with Crippen molar-refractivity contribution in [2.75, 3.05) is 11.9 Å². The molecule has 0 bridgehead atoms. The standard InChI is InChI=1S/C21H22N8O2S/c30-32(31,15-4-1-9-22-13-15)29-11-3-6-18(29)21-24-20(17-5-2-10-28(17)27-21)23-19-12-16(25-26-19)14-7-8-14/h1-2,4-5,9-10,12-14,18H,3,6-8,11H2,(H2,23,24,25,26,27)/t18-/m0/s1. The number of pyridine rings is 1. The molecule has 32 heavy (non-hydrogen) atoms. The first-order valence-electron chi connectivity index (χ1n) is 10.7.